The van der Waals surface area contributed by atoms with Crippen molar-refractivity contribution in [3.05, 3.63) is 35.4 Å². The van der Waals surface area contributed by atoms with Gasteiger partial charge < -0.3 is 4.90 Å². The van der Waals surface area contributed by atoms with Gasteiger partial charge in [-0.2, -0.15) is 5.26 Å². The van der Waals surface area contributed by atoms with Gasteiger partial charge in [-0.05, 0) is 39.2 Å². The predicted molar refractivity (Wildman–Crippen MR) is 70.7 cm³/mol. The predicted octanol–water partition coefficient (Wildman–Crippen LogP) is 2.05. The van der Waals surface area contributed by atoms with E-state index in [0.717, 1.165) is 18.7 Å². The minimum atomic E-state index is -0.156. The number of aryl methyl sites for hydroxylation is 1. The molecule has 92 valence electrons. The summed E-state index contributed by atoms with van der Waals surface area (Å²) in [5.41, 5.74) is 2.28. The maximum Gasteiger partial charge on any atom is 0.123 e. The Balaban J connectivity index is 2.79. The van der Waals surface area contributed by atoms with E-state index in [2.05, 4.69) is 28.9 Å². The van der Waals surface area contributed by atoms with E-state index in [9.17, 15) is 5.26 Å². The Hall–Kier alpha value is -1.37. The summed E-state index contributed by atoms with van der Waals surface area (Å²) in [5, 5.41) is 9.33. The molecule has 0 saturated carbocycles. The summed E-state index contributed by atoms with van der Waals surface area (Å²) in [7, 11) is 6.09. The number of rotatable bonds is 5. The van der Waals surface area contributed by atoms with Crippen molar-refractivity contribution in [2.45, 2.75) is 13.0 Å². The number of hydrogen-bond acceptors (Lipinski definition) is 3. The highest BCUT2D eigenvalue weighted by molar-refractivity contribution is 5.32. The summed E-state index contributed by atoms with van der Waals surface area (Å²) in [6.07, 6.45) is 0. The zero-order valence-corrected chi connectivity index (χ0v) is 11.1. The third-order valence-electron chi connectivity index (χ3n) is 2.95. The zero-order chi connectivity index (χ0) is 12.8. The molecule has 0 amide bonds. The first-order valence-electron chi connectivity index (χ1n) is 5.86. The van der Waals surface area contributed by atoms with Crippen LogP contribution in [0.1, 0.15) is 17.2 Å². The molecule has 0 radical (unpaired) electrons. The highest BCUT2D eigenvalue weighted by Gasteiger charge is 2.17. The fourth-order valence-electron chi connectivity index (χ4n) is 1.79. The molecule has 0 aromatic heterocycles. The van der Waals surface area contributed by atoms with Crippen LogP contribution in [0.2, 0.25) is 0 Å². The van der Waals surface area contributed by atoms with Crippen LogP contribution in [0.4, 0.5) is 0 Å². The summed E-state index contributed by atoms with van der Waals surface area (Å²) in [5.74, 6) is 0. The van der Waals surface area contributed by atoms with Crippen LogP contribution in [0.15, 0.2) is 24.3 Å². The average molecular weight is 231 g/mol. The number of nitriles is 1. The fraction of sp³-hybridized carbons (Fsp3) is 0.500. The third kappa shape index (κ3) is 3.85. The zero-order valence-electron chi connectivity index (χ0n) is 11.1. The highest BCUT2D eigenvalue weighted by Crippen LogP contribution is 2.21. The molecule has 1 unspecified atom stereocenters. The van der Waals surface area contributed by atoms with Gasteiger partial charge in [-0.15, -0.1) is 0 Å². The van der Waals surface area contributed by atoms with Gasteiger partial charge in [0.05, 0.1) is 6.07 Å². The van der Waals surface area contributed by atoms with Crippen LogP contribution in [0.5, 0.6) is 0 Å². The molecule has 17 heavy (non-hydrogen) atoms. The molecule has 0 heterocycles. The van der Waals surface area contributed by atoms with Gasteiger partial charge in [-0.3, -0.25) is 4.90 Å². The van der Waals surface area contributed by atoms with E-state index in [-0.39, 0.29) is 6.04 Å². The van der Waals surface area contributed by atoms with Crippen LogP contribution < -0.4 is 0 Å². The number of hydrogen-bond donors (Lipinski definition) is 0. The molecule has 0 aliphatic heterocycles. The van der Waals surface area contributed by atoms with Crippen LogP contribution in [0.3, 0.4) is 0 Å². The molecule has 1 rings (SSSR count). The lowest BCUT2D eigenvalue weighted by molar-refractivity contribution is 0.252. The first-order chi connectivity index (χ1) is 8.06. The Morgan fingerprint density at radius 3 is 2.35 bits per heavy atom. The van der Waals surface area contributed by atoms with Gasteiger partial charge in [0.1, 0.15) is 6.04 Å². The topological polar surface area (TPSA) is 30.3 Å². The lowest BCUT2D eigenvalue weighted by Crippen LogP contribution is -2.31. The smallest absolute Gasteiger partial charge is 0.123 e. The highest BCUT2D eigenvalue weighted by atomic mass is 15.2. The quantitative estimate of drug-likeness (QED) is 0.777. The molecule has 3 heteroatoms. The third-order valence-corrected chi connectivity index (χ3v) is 2.95. The summed E-state index contributed by atoms with van der Waals surface area (Å²) in [4.78, 5) is 4.23. The molecular formula is C14H21N3. The van der Waals surface area contributed by atoms with Crippen molar-refractivity contribution in [2.75, 3.05) is 34.2 Å². The largest absolute Gasteiger partial charge is 0.308 e. The van der Waals surface area contributed by atoms with Gasteiger partial charge in [0.2, 0.25) is 0 Å². The Morgan fingerprint density at radius 2 is 1.82 bits per heavy atom. The van der Waals surface area contributed by atoms with Gasteiger partial charge in [0.15, 0.2) is 0 Å². The van der Waals surface area contributed by atoms with Crippen LogP contribution in [-0.2, 0) is 0 Å². The van der Waals surface area contributed by atoms with Crippen molar-refractivity contribution in [3.63, 3.8) is 0 Å². The second kappa shape index (κ2) is 6.39. The van der Waals surface area contributed by atoms with E-state index in [1.807, 2.05) is 39.3 Å². The van der Waals surface area contributed by atoms with Crippen LogP contribution in [-0.4, -0.2) is 44.0 Å². The minimum Gasteiger partial charge on any atom is -0.308 e. The van der Waals surface area contributed by atoms with Gasteiger partial charge in [0.25, 0.3) is 0 Å². The fourth-order valence-corrected chi connectivity index (χ4v) is 1.79. The Morgan fingerprint density at radius 1 is 1.18 bits per heavy atom. The molecule has 0 N–H and O–H groups in total. The first-order valence-corrected chi connectivity index (χ1v) is 5.86. The lowest BCUT2D eigenvalue weighted by atomic mass is 10.0. The van der Waals surface area contributed by atoms with Crippen molar-refractivity contribution >= 4 is 0 Å². The monoisotopic (exact) mass is 231 g/mol. The van der Waals surface area contributed by atoms with E-state index >= 15 is 0 Å². The van der Waals surface area contributed by atoms with E-state index < -0.39 is 0 Å². The van der Waals surface area contributed by atoms with Crippen LogP contribution in [0, 0.1) is 18.3 Å². The van der Waals surface area contributed by atoms with Crippen molar-refractivity contribution in [2.24, 2.45) is 0 Å². The van der Waals surface area contributed by atoms with E-state index in [4.69, 9.17) is 0 Å². The Kier molecular flexibility index (Phi) is 5.14. The summed E-state index contributed by atoms with van der Waals surface area (Å²) in [6.45, 7) is 3.90. The van der Waals surface area contributed by atoms with Gasteiger partial charge >= 0.3 is 0 Å². The van der Waals surface area contributed by atoms with Crippen molar-refractivity contribution in [3.8, 4) is 6.07 Å². The van der Waals surface area contributed by atoms with Crippen LogP contribution >= 0.6 is 0 Å². The second-order valence-corrected chi connectivity index (χ2v) is 4.67. The number of benzene rings is 1. The minimum absolute atomic E-state index is 0.156. The number of nitrogens with zero attached hydrogens (tertiary/aromatic N) is 3. The summed E-state index contributed by atoms with van der Waals surface area (Å²) in [6, 6.07) is 10.3. The Labute approximate surface area is 104 Å². The molecule has 1 aromatic carbocycles. The van der Waals surface area contributed by atoms with E-state index in [0.29, 0.717) is 0 Å². The molecule has 3 nitrogen and oxygen atoms in total. The average Bonchev–Trinajstić information content (AvgIpc) is 2.30. The van der Waals surface area contributed by atoms with Crippen molar-refractivity contribution < 1.29 is 0 Å². The molecule has 0 bridgehead atoms. The molecule has 0 aliphatic carbocycles. The standard InChI is InChI=1S/C14H21N3/c1-12-7-5-6-8-13(12)14(11-15)17(4)10-9-16(2)3/h5-8,14H,9-10H2,1-4H3. The molecular weight excluding hydrogens is 210 g/mol. The molecule has 0 saturated heterocycles. The van der Waals surface area contributed by atoms with E-state index in [1.165, 1.54) is 5.56 Å². The van der Waals surface area contributed by atoms with Crippen molar-refractivity contribution in [1.82, 2.24) is 9.80 Å². The molecule has 0 spiro atoms. The first kappa shape index (κ1) is 13.7. The Bertz CT molecular complexity index is 393. The SMILES string of the molecule is Cc1ccccc1C(C#N)N(C)CCN(C)C. The van der Waals surface area contributed by atoms with Gasteiger partial charge in [0, 0.05) is 13.1 Å². The lowest BCUT2D eigenvalue weighted by Gasteiger charge is -2.25. The molecule has 1 aromatic rings. The van der Waals surface area contributed by atoms with Crippen molar-refractivity contribution in [1.29, 1.82) is 5.26 Å². The molecule has 0 aliphatic rings. The summed E-state index contributed by atoms with van der Waals surface area (Å²) >= 11 is 0. The summed E-state index contributed by atoms with van der Waals surface area (Å²) < 4.78 is 0. The van der Waals surface area contributed by atoms with Gasteiger partial charge in [-0.25, -0.2) is 0 Å². The maximum absolute atomic E-state index is 9.33. The number of likely N-dealkylation sites (N-methyl/N-ethyl adjacent to an activating group) is 2. The van der Waals surface area contributed by atoms with E-state index in [1.54, 1.807) is 0 Å². The van der Waals surface area contributed by atoms with Crippen LogP contribution in [0.25, 0.3) is 0 Å². The second-order valence-electron chi connectivity index (χ2n) is 4.67. The molecule has 0 fully saturated rings. The van der Waals surface area contributed by atoms with Gasteiger partial charge in [-0.1, -0.05) is 24.3 Å². The normalized spacial score (nSPS) is 12.8. The molecule has 1 atom stereocenters. The maximum atomic E-state index is 9.33.